The monoisotopic (exact) mass is 217 g/mol. The molecular weight excluding hydrogens is 194 g/mol. The molecule has 16 heavy (non-hydrogen) atoms. The highest BCUT2D eigenvalue weighted by atomic mass is 14.9. The summed E-state index contributed by atoms with van der Waals surface area (Å²) in [5.41, 5.74) is 2.94. The quantitative estimate of drug-likeness (QED) is 0.612. The molecule has 0 atom stereocenters. The van der Waals surface area contributed by atoms with Gasteiger partial charge in [0.25, 0.3) is 0 Å². The van der Waals surface area contributed by atoms with Crippen LogP contribution in [0.2, 0.25) is 0 Å². The normalized spacial score (nSPS) is 11.1. The van der Waals surface area contributed by atoms with Crippen molar-refractivity contribution in [3.05, 3.63) is 36.0 Å². The van der Waals surface area contributed by atoms with Crippen LogP contribution in [0, 0.1) is 0 Å². The Labute approximate surface area is 99.1 Å². The molecule has 0 fully saturated rings. The average molecular weight is 217 g/mol. The molecule has 1 aromatic carbocycles. The predicted octanol–water partition coefficient (Wildman–Crippen LogP) is 4.50. The first-order chi connectivity index (χ1) is 7.48. The van der Waals surface area contributed by atoms with Gasteiger partial charge in [-0.25, -0.2) is 0 Å². The Morgan fingerprint density at radius 2 is 1.62 bits per heavy atom. The van der Waals surface area contributed by atoms with Crippen LogP contribution in [0.5, 0.6) is 0 Å². The molecule has 1 heterocycles. The lowest BCUT2D eigenvalue weighted by Crippen LogP contribution is -2.10. The molecule has 0 aliphatic heterocycles. The van der Waals surface area contributed by atoms with Crippen LogP contribution in [0.3, 0.4) is 0 Å². The number of aromatic nitrogens is 1. The molecule has 0 aliphatic rings. The zero-order valence-corrected chi connectivity index (χ0v) is 11.3. The SMILES string of the molecule is CC.Cn1ccc2cc(C(C)(C)C)ccc21. The number of aryl methyl sites for hydroxylation is 1. The number of nitrogens with zero attached hydrogens (tertiary/aromatic N) is 1. The van der Waals surface area contributed by atoms with Gasteiger partial charge in [0.2, 0.25) is 0 Å². The molecule has 0 amide bonds. The third-order valence-corrected chi connectivity index (χ3v) is 2.75. The van der Waals surface area contributed by atoms with Crippen molar-refractivity contribution in [3.63, 3.8) is 0 Å². The van der Waals surface area contributed by atoms with E-state index in [2.05, 4.69) is 62.8 Å². The second-order valence-electron chi connectivity index (χ2n) is 4.95. The highest BCUT2D eigenvalue weighted by Gasteiger charge is 2.13. The van der Waals surface area contributed by atoms with Gasteiger partial charge < -0.3 is 4.57 Å². The lowest BCUT2D eigenvalue weighted by Gasteiger charge is -2.18. The standard InChI is InChI=1S/C13H17N.C2H6/c1-13(2,3)11-5-6-12-10(9-11)7-8-14(12)4;1-2/h5-9H,1-4H3;1-2H3. The maximum absolute atomic E-state index is 2.29. The van der Waals surface area contributed by atoms with Gasteiger partial charge in [0.15, 0.2) is 0 Å². The molecule has 0 saturated heterocycles. The molecule has 0 saturated carbocycles. The highest BCUT2D eigenvalue weighted by Crippen LogP contribution is 2.26. The van der Waals surface area contributed by atoms with E-state index in [-0.39, 0.29) is 5.41 Å². The molecule has 0 aliphatic carbocycles. The smallest absolute Gasteiger partial charge is 0.0477 e. The topological polar surface area (TPSA) is 4.93 Å². The molecule has 0 bridgehead atoms. The first-order valence-electron chi connectivity index (χ1n) is 6.04. The van der Waals surface area contributed by atoms with Crippen molar-refractivity contribution in [3.8, 4) is 0 Å². The van der Waals surface area contributed by atoms with Gasteiger partial charge in [-0.1, -0.05) is 40.7 Å². The van der Waals surface area contributed by atoms with Gasteiger partial charge in [0, 0.05) is 18.8 Å². The van der Waals surface area contributed by atoms with Crippen molar-refractivity contribution in [1.29, 1.82) is 0 Å². The summed E-state index contributed by atoms with van der Waals surface area (Å²) < 4.78 is 2.15. The zero-order valence-electron chi connectivity index (χ0n) is 11.3. The van der Waals surface area contributed by atoms with Gasteiger partial charge in [-0.3, -0.25) is 0 Å². The fourth-order valence-electron chi connectivity index (χ4n) is 1.75. The fraction of sp³-hybridized carbons (Fsp3) is 0.467. The minimum Gasteiger partial charge on any atom is -0.351 e. The summed E-state index contributed by atoms with van der Waals surface area (Å²) in [7, 11) is 2.08. The van der Waals surface area contributed by atoms with E-state index < -0.39 is 0 Å². The summed E-state index contributed by atoms with van der Waals surface area (Å²) >= 11 is 0. The Morgan fingerprint density at radius 3 is 2.19 bits per heavy atom. The van der Waals surface area contributed by atoms with Crippen LogP contribution in [0.25, 0.3) is 10.9 Å². The van der Waals surface area contributed by atoms with Crippen molar-refractivity contribution >= 4 is 10.9 Å². The number of hydrogen-bond donors (Lipinski definition) is 0. The van der Waals surface area contributed by atoms with Gasteiger partial charge >= 0.3 is 0 Å². The Morgan fingerprint density at radius 1 is 1.00 bits per heavy atom. The number of fused-ring (bicyclic) bond motifs is 1. The van der Waals surface area contributed by atoms with Crippen molar-refractivity contribution < 1.29 is 0 Å². The second kappa shape index (κ2) is 4.73. The Bertz CT molecular complexity index is 458. The highest BCUT2D eigenvalue weighted by molar-refractivity contribution is 5.81. The summed E-state index contributed by atoms with van der Waals surface area (Å²) in [5, 5.41) is 1.33. The number of rotatable bonds is 0. The lowest BCUT2D eigenvalue weighted by atomic mass is 9.86. The molecule has 2 rings (SSSR count). The van der Waals surface area contributed by atoms with E-state index in [0.717, 1.165) is 0 Å². The molecule has 0 spiro atoms. The molecule has 0 unspecified atom stereocenters. The Hall–Kier alpha value is -1.24. The molecular formula is C15H23N. The van der Waals surface area contributed by atoms with Crippen molar-refractivity contribution in [1.82, 2.24) is 4.57 Å². The van der Waals surface area contributed by atoms with E-state index in [1.807, 2.05) is 13.8 Å². The third kappa shape index (κ3) is 2.46. The number of benzene rings is 1. The van der Waals surface area contributed by atoms with Crippen LogP contribution in [-0.2, 0) is 12.5 Å². The van der Waals surface area contributed by atoms with Gasteiger partial charge in [0.1, 0.15) is 0 Å². The first-order valence-corrected chi connectivity index (χ1v) is 6.04. The first kappa shape index (κ1) is 12.8. The van der Waals surface area contributed by atoms with Crippen molar-refractivity contribution in [2.24, 2.45) is 7.05 Å². The lowest BCUT2D eigenvalue weighted by molar-refractivity contribution is 0.591. The Balaban J connectivity index is 0.000000606. The largest absolute Gasteiger partial charge is 0.351 e. The van der Waals surface area contributed by atoms with E-state index >= 15 is 0 Å². The van der Waals surface area contributed by atoms with Crippen molar-refractivity contribution in [2.75, 3.05) is 0 Å². The molecule has 88 valence electrons. The van der Waals surface area contributed by atoms with Gasteiger partial charge in [-0.2, -0.15) is 0 Å². The van der Waals surface area contributed by atoms with E-state index in [0.29, 0.717) is 0 Å². The molecule has 1 heteroatoms. The van der Waals surface area contributed by atoms with E-state index in [4.69, 9.17) is 0 Å². The maximum atomic E-state index is 2.29. The molecule has 1 aromatic heterocycles. The van der Waals surface area contributed by atoms with Crippen LogP contribution in [0.1, 0.15) is 40.2 Å². The molecule has 1 nitrogen and oxygen atoms in total. The van der Waals surface area contributed by atoms with Gasteiger partial charge in [0.05, 0.1) is 0 Å². The average Bonchev–Trinajstić information content (AvgIpc) is 2.62. The fourth-order valence-corrected chi connectivity index (χ4v) is 1.75. The summed E-state index contributed by atoms with van der Waals surface area (Å²) in [4.78, 5) is 0. The van der Waals surface area contributed by atoms with Crippen LogP contribution >= 0.6 is 0 Å². The summed E-state index contributed by atoms with van der Waals surface area (Å²) in [6, 6.07) is 8.89. The van der Waals surface area contributed by atoms with Crippen LogP contribution < -0.4 is 0 Å². The minimum atomic E-state index is 0.240. The van der Waals surface area contributed by atoms with E-state index in [1.54, 1.807) is 0 Å². The second-order valence-corrected chi connectivity index (χ2v) is 4.95. The summed E-state index contributed by atoms with van der Waals surface area (Å²) in [6.07, 6.45) is 2.11. The third-order valence-electron chi connectivity index (χ3n) is 2.75. The maximum Gasteiger partial charge on any atom is 0.0477 e. The van der Waals surface area contributed by atoms with Gasteiger partial charge in [-0.15, -0.1) is 0 Å². The molecule has 0 radical (unpaired) electrons. The molecule has 0 N–H and O–H groups in total. The van der Waals surface area contributed by atoms with E-state index in [9.17, 15) is 0 Å². The Kier molecular flexibility index (Phi) is 3.79. The van der Waals surface area contributed by atoms with Crippen molar-refractivity contribution in [2.45, 2.75) is 40.0 Å². The predicted molar refractivity (Wildman–Crippen MR) is 73.0 cm³/mol. The van der Waals surface area contributed by atoms with E-state index in [1.165, 1.54) is 16.5 Å². The van der Waals surface area contributed by atoms with Crippen LogP contribution in [-0.4, -0.2) is 4.57 Å². The molecule has 2 aromatic rings. The van der Waals surface area contributed by atoms with Gasteiger partial charge in [-0.05, 0) is 34.6 Å². The minimum absolute atomic E-state index is 0.240. The summed E-state index contributed by atoms with van der Waals surface area (Å²) in [6.45, 7) is 10.7. The van der Waals surface area contributed by atoms with Crippen LogP contribution in [0.15, 0.2) is 30.5 Å². The number of hydrogen-bond acceptors (Lipinski definition) is 0. The zero-order chi connectivity index (χ0) is 12.3. The van der Waals surface area contributed by atoms with Crippen LogP contribution in [0.4, 0.5) is 0 Å². The summed E-state index contributed by atoms with van der Waals surface area (Å²) in [5.74, 6) is 0.